The van der Waals surface area contributed by atoms with Gasteiger partial charge in [0.25, 0.3) is 0 Å². The fourth-order valence-electron chi connectivity index (χ4n) is 1.91. The molecule has 0 bridgehead atoms. The molecule has 1 saturated carbocycles. The average molecular weight is 253 g/mol. The second-order valence-electron chi connectivity index (χ2n) is 4.49. The topological polar surface area (TPSA) is 89.1 Å². The fourth-order valence-corrected chi connectivity index (χ4v) is 3.06. The first-order valence-electron chi connectivity index (χ1n) is 5.47. The highest BCUT2D eigenvalue weighted by molar-refractivity contribution is 7.99. The molecule has 0 saturated heterocycles. The van der Waals surface area contributed by atoms with Crippen molar-refractivity contribution in [2.45, 2.75) is 42.1 Å². The second kappa shape index (κ2) is 4.62. The molecule has 0 aliphatic heterocycles. The summed E-state index contributed by atoms with van der Waals surface area (Å²) in [7, 11) is 0. The molecule has 6 heteroatoms. The highest BCUT2D eigenvalue weighted by Gasteiger charge is 2.42. The number of aryl methyl sites for hydroxylation is 1. The Balaban J connectivity index is 1.98. The lowest BCUT2D eigenvalue weighted by molar-refractivity contribution is -0.143. The van der Waals surface area contributed by atoms with Crippen LogP contribution in [0.25, 0.3) is 0 Å². The number of hydrogen-bond acceptors (Lipinski definition) is 5. The lowest BCUT2D eigenvalue weighted by atomic mass is 10.0. The van der Waals surface area contributed by atoms with Crippen molar-refractivity contribution in [3.63, 3.8) is 0 Å². The van der Waals surface area contributed by atoms with E-state index in [0.717, 1.165) is 12.0 Å². The molecule has 17 heavy (non-hydrogen) atoms. The number of nitrogens with zero attached hydrogens (tertiary/aromatic N) is 2. The molecule has 0 aromatic carbocycles. The van der Waals surface area contributed by atoms with Crippen molar-refractivity contribution in [2.24, 2.45) is 5.73 Å². The van der Waals surface area contributed by atoms with Crippen molar-refractivity contribution in [3.05, 3.63) is 18.0 Å². The maximum absolute atomic E-state index is 11.0. The van der Waals surface area contributed by atoms with Gasteiger partial charge in [0.2, 0.25) is 0 Å². The Hall–Kier alpha value is -1.14. The molecule has 2 atom stereocenters. The summed E-state index contributed by atoms with van der Waals surface area (Å²) in [4.78, 5) is 19.4. The van der Waals surface area contributed by atoms with Gasteiger partial charge < -0.3 is 10.8 Å². The lowest BCUT2D eigenvalue weighted by Gasteiger charge is -2.17. The maximum Gasteiger partial charge on any atom is 0.323 e. The van der Waals surface area contributed by atoms with Gasteiger partial charge in [-0.15, -0.1) is 0 Å². The minimum atomic E-state index is -1.07. The van der Waals surface area contributed by atoms with Gasteiger partial charge in [-0.05, 0) is 31.7 Å². The normalized spacial score (nSPS) is 28.2. The second-order valence-corrected chi connectivity index (χ2v) is 5.75. The molecule has 2 unspecified atom stereocenters. The highest BCUT2D eigenvalue weighted by atomic mass is 32.2. The number of hydrogen-bond donors (Lipinski definition) is 2. The number of thioether (sulfide) groups is 1. The molecule has 1 aromatic heterocycles. The Kier molecular flexibility index (Phi) is 3.35. The van der Waals surface area contributed by atoms with Crippen LogP contribution in [0.5, 0.6) is 0 Å². The van der Waals surface area contributed by atoms with E-state index in [1.165, 1.54) is 11.8 Å². The highest BCUT2D eigenvalue weighted by Crippen LogP contribution is 2.37. The first-order chi connectivity index (χ1) is 7.99. The molecule has 0 amide bonds. The average Bonchev–Trinajstić information content (AvgIpc) is 2.65. The Bertz CT molecular complexity index is 423. The van der Waals surface area contributed by atoms with Crippen LogP contribution in [0.15, 0.2) is 17.6 Å². The summed E-state index contributed by atoms with van der Waals surface area (Å²) < 4.78 is 0. The zero-order valence-electron chi connectivity index (χ0n) is 9.59. The van der Waals surface area contributed by atoms with Crippen LogP contribution in [-0.2, 0) is 4.79 Å². The van der Waals surface area contributed by atoms with E-state index in [0.29, 0.717) is 18.0 Å². The molecule has 0 spiro atoms. The smallest absolute Gasteiger partial charge is 0.323 e. The van der Waals surface area contributed by atoms with E-state index < -0.39 is 11.5 Å². The lowest BCUT2D eigenvalue weighted by Crippen LogP contribution is -2.45. The molecule has 1 aliphatic rings. The molecule has 5 nitrogen and oxygen atoms in total. The number of nitrogens with two attached hydrogens (primary N) is 1. The molecule has 1 heterocycles. The SMILES string of the molecule is Cc1cnc(SC2CCC(N)(C(=O)O)C2)nc1. The van der Waals surface area contributed by atoms with Gasteiger partial charge in [-0.1, -0.05) is 11.8 Å². The van der Waals surface area contributed by atoms with Crippen molar-refractivity contribution >= 4 is 17.7 Å². The number of carboxylic acids is 1. The number of aliphatic carboxylic acids is 1. The monoisotopic (exact) mass is 253 g/mol. The van der Waals surface area contributed by atoms with Gasteiger partial charge in [0.05, 0.1) is 0 Å². The van der Waals surface area contributed by atoms with Gasteiger partial charge >= 0.3 is 5.97 Å². The first kappa shape index (κ1) is 12.3. The molecular formula is C11H15N3O2S. The van der Waals surface area contributed by atoms with E-state index in [9.17, 15) is 4.79 Å². The van der Waals surface area contributed by atoms with Crippen LogP contribution in [0.4, 0.5) is 0 Å². The van der Waals surface area contributed by atoms with Crippen molar-refractivity contribution < 1.29 is 9.90 Å². The van der Waals surface area contributed by atoms with Crippen LogP contribution in [0, 0.1) is 6.92 Å². The third-order valence-electron chi connectivity index (χ3n) is 2.96. The van der Waals surface area contributed by atoms with Crippen molar-refractivity contribution in [3.8, 4) is 0 Å². The minimum Gasteiger partial charge on any atom is -0.480 e. The van der Waals surface area contributed by atoms with Crippen LogP contribution in [0.1, 0.15) is 24.8 Å². The van der Waals surface area contributed by atoms with Crippen LogP contribution in [0.3, 0.4) is 0 Å². The molecule has 3 N–H and O–H groups in total. The number of rotatable bonds is 3. The van der Waals surface area contributed by atoms with Crippen LogP contribution < -0.4 is 5.73 Å². The Morgan fingerprint density at radius 3 is 2.76 bits per heavy atom. The van der Waals surface area contributed by atoms with E-state index in [1.807, 2.05) is 6.92 Å². The summed E-state index contributed by atoms with van der Waals surface area (Å²) in [6.07, 6.45) is 5.31. The predicted molar refractivity (Wildman–Crippen MR) is 64.8 cm³/mol. The molecule has 0 radical (unpaired) electrons. The number of carbonyl (C=O) groups is 1. The van der Waals surface area contributed by atoms with Crippen LogP contribution in [0.2, 0.25) is 0 Å². The summed E-state index contributed by atoms with van der Waals surface area (Å²) in [5, 5.41) is 9.91. The van der Waals surface area contributed by atoms with Gasteiger partial charge in [0.1, 0.15) is 5.54 Å². The molecule has 1 aromatic rings. The number of carboxylic acid groups (broad SMARTS) is 1. The molecule has 2 rings (SSSR count). The van der Waals surface area contributed by atoms with Crippen molar-refractivity contribution in [1.29, 1.82) is 0 Å². The summed E-state index contributed by atoms with van der Waals surface area (Å²) in [5.41, 5.74) is 5.76. The van der Waals surface area contributed by atoms with Crippen LogP contribution in [-0.4, -0.2) is 31.8 Å². The molecule has 1 fully saturated rings. The Morgan fingerprint density at radius 2 is 2.24 bits per heavy atom. The summed E-state index contributed by atoms with van der Waals surface area (Å²) in [6.45, 7) is 1.93. The van der Waals surface area contributed by atoms with Gasteiger partial charge in [-0.3, -0.25) is 4.79 Å². The number of aromatic nitrogens is 2. The maximum atomic E-state index is 11.0. The molecule has 92 valence electrons. The van der Waals surface area contributed by atoms with E-state index in [1.54, 1.807) is 12.4 Å². The van der Waals surface area contributed by atoms with Gasteiger partial charge in [0.15, 0.2) is 5.16 Å². The quantitative estimate of drug-likeness (QED) is 0.787. The zero-order valence-corrected chi connectivity index (χ0v) is 10.4. The van der Waals surface area contributed by atoms with E-state index in [4.69, 9.17) is 10.8 Å². The molecular weight excluding hydrogens is 238 g/mol. The Labute approximate surface area is 104 Å². The Morgan fingerprint density at radius 1 is 1.59 bits per heavy atom. The third-order valence-corrected chi connectivity index (χ3v) is 4.12. The van der Waals surface area contributed by atoms with E-state index >= 15 is 0 Å². The summed E-state index contributed by atoms with van der Waals surface area (Å²) in [6, 6.07) is 0. The van der Waals surface area contributed by atoms with Gasteiger partial charge in [-0.25, -0.2) is 9.97 Å². The van der Waals surface area contributed by atoms with Gasteiger partial charge in [-0.2, -0.15) is 0 Å². The minimum absolute atomic E-state index is 0.193. The van der Waals surface area contributed by atoms with E-state index in [-0.39, 0.29) is 5.25 Å². The zero-order chi connectivity index (χ0) is 12.5. The van der Waals surface area contributed by atoms with E-state index in [2.05, 4.69) is 9.97 Å². The largest absolute Gasteiger partial charge is 0.480 e. The molecule has 1 aliphatic carbocycles. The van der Waals surface area contributed by atoms with Crippen LogP contribution >= 0.6 is 11.8 Å². The van der Waals surface area contributed by atoms with Crippen molar-refractivity contribution in [1.82, 2.24) is 9.97 Å². The summed E-state index contributed by atoms with van der Waals surface area (Å²) in [5.74, 6) is -0.912. The van der Waals surface area contributed by atoms with Gasteiger partial charge in [0, 0.05) is 17.6 Å². The fraction of sp³-hybridized carbons (Fsp3) is 0.545. The van der Waals surface area contributed by atoms with Crippen molar-refractivity contribution in [2.75, 3.05) is 0 Å². The summed E-state index contributed by atoms with van der Waals surface area (Å²) >= 11 is 1.51. The standard InChI is InChI=1S/C11H15N3O2S/c1-7-5-13-10(14-6-7)17-8-2-3-11(12,4-8)9(15)16/h5-6,8H,2-4,12H2,1H3,(H,15,16). The third kappa shape index (κ3) is 2.76. The first-order valence-corrected chi connectivity index (χ1v) is 6.35. The predicted octanol–water partition coefficient (Wildman–Crippen LogP) is 1.21.